The highest BCUT2D eigenvalue weighted by molar-refractivity contribution is 5.57. The van der Waals surface area contributed by atoms with Crippen LogP contribution in [0.1, 0.15) is 63.7 Å². The molecule has 4 aliphatic rings. The Bertz CT molecular complexity index is 801. The van der Waals surface area contributed by atoms with Crippen LogP contribution in [0.5, 0.6) is 0 Å². The smallest absolute Gasteiger partial charge is 0.162 e. The Kier molecular flexibility index (Phi) is 3.01. The number of hydrogen-bond acceptors (Lipinski definition) is 3. The first-order valence-electron chi connectivity index (χ1n) is 9.76. The molecule has 3 saturated carbocycles. The lowest BCUT2D eigenvalue weighted by molar-refractivity contribution is -0.0975. The van der Waals surface area contributed by atoms with Gasteiger partial charge in [0.05, 0.1) is 6.20 Å². The number of rotatable bonds is 0. The van der Waals surface area contributed by atoms with Crippen LogP contribution < -0.4 is 0 Å². The fraction of sp³-hybridized carbons (Fsp3) is 0.682. The van der Waals surface area contributed by atoms with Crippen molar-refractivity contribution in [2.75, 3.05) is 0 Å². The molecular weight excluding hydrogens is 313 g/mol. The van der Waals surface area contributed by atoms with Gasteiger partial charge < -0.3 is 9.63 Å². The minimum absolute atomic E-state index is 0.114. The molecule has 3 fully saturated rings. The van der Waals surface area contributed by atoms with E-state index in [1.165, 1.54) is 12.0 Å². The molecule has 0 radical (unpaired) electrons. The molecule has 132 valence electrons. The van der Waals surface area contributed by atoms with Gasteiger partial charge in [-0.1, -0.05) is 30.5 Å². The number of allylic oxidation sites excluding steroid dienone is 1. The first-order chi connectivity index (χ1) is 11.9. The van der Waals surface area contributed by atoms with Gasteiger partial charge in [0.15, 0.2) is 5.76 Å². The molecule has 1 N–H and O–H groups in total. The SMILES string of the molecule is C[C@]12Cc3[13cH]noc3C=C1CC[C@@H]1C2CC[C@@]2(C)C1CCC2(O)[13C]#[13CH]. The van der Waals surface area contributed by atoms with Gasteiger partial charge in [-0.05, 0) is 74.2 Å². The number of aromatic nitrogens is 1. The summed E-state index contributed by atoms with van der Waals surface area (Å²) >= 11 is 0. The molecule has 25 heavy (non-hydrogen) atoms. The fourth-order valence-electron chi connectivity index (χ4n) is 7.14. The summed E-state index contributed by atoms with van der Waals surface area (Å²) in [6.07, 6.45) is 17.4. The van der Waals surface area contributed by atoms with E-state index >= 15 is 0 Å². The third kappa shape index (κ3) is 1.79. The van der Waals surface area contributed by atoms with Crippen LogP contribution in [0, 0.1) is 40.9 Å². The minimum Gasteiger partial charge on any atom is -0.377 e. The second kappa shape index (κ2) is 4.80. The van der Waals surface area contributed by atoms with Crippen molar-refractivity contribution in [3.8, 4) is 12.3 Å². The normalized spacial score (nSPS) is 47.8. The summed E-state index contributed by atoms with van der Waals surface area (Å²) < 4.78 is 5.43. The van der Waals surface area contributed by atoms with E-state index in [0.29, 0.717) is 17.8 Å². The Morgan fingerprint density at radius 3 is 2.84 bits per heavy atom. The summed E-state index contributed by atoms with van der Waals surface area (Å²) in [6, 6.07) is 0. The van der Waals surface area contributed by atoms with Crippen molar-refractivity contribution in [1.82, 2.24) is 5.16 Å². The van der Waals surface area contributed by atoms with Crippen LogP contribution in [0.2, 0.25) is 0 Å². The van der Waals surface area contributed by atoms with E-state index in [2.05, 4.69) is 31.0 Å². The zero-order valence-electron chi connectivity index (χ0n) is 15.2. The van der Waals surface area contributed by atoms with Crippen LogP contribution in [0.3, 0.4) is 0 Å². The van der Waals surface area contributed by atoms with E-state index in [4.69, 9.17) is 10.9 Å². The van der Waals surface area contributed by atoms with Gasteiger partial charge in [-0.2, -0.15) is 0 Å². The summed E-state index contributed by atoms with van der Waals surface area (Å²) in [5, 5.41) is 15.1. The van der Waals surface area contributed by atoms with Crippen molar-refractivity contribution in [2.24, 2.45) is 28.6 Å². The maximum Gasteiger partial charge on any atom is 0.162 e. The molecule has 4 aliphatic carbocycles. The third-order valence-electron chi connectivity index (χ3n) is 8.67. The van der Waals surface area contributed by atoms with E-state index in [1.807, 2.05) is 6.20 Å². The summed E-state index contributed by atoms with van der Waals surface area (Å²) in [7, 11) is 0. The topological polar surface area (TPSA) is 46.3 Å². The molecule has 5 rings (SSSR count). The van der Waals surface area contributed by atoms with Gasteiger partial charge in [0.1, 0.15) is 5.60 Å². The summed E-state index contributed by atoms with van der Waals surface area (Å²) in [5.41, 5.74) is 1.99. The van der Waals surface area contributed by atoms with Crippen LogP contribution in [0.15, 0.2) is 16.3 Å². The largest absolute Gasteiger partial charge is 0.377 e. The minimum atomic E-state index is -0.909. The molecule has 3 nitrogen and oxygen atoms in total. The van der Waals surface area contributed by atoms with Gasteiger partial charge in [0.25, 0.3) is 0 Å². The Morgan fingerprint density at radius 1 is 1.24 bits per heavy atom. The molecule has 6 atom stereocenters. The number of fused-ring (bicyclic) bond motifs is 6. The number of terminal acetylenes is 1. The summed E-state index contributed by atoms with van der Waals surface area (Å²) in [6.45, 7) is 4.71. The highest BCUT2D eigenvalue weighted by atomic mass is 16.5. The molecule has 1 aromatic heterocycles. The second-order valence-electron chi connectivity index (χ2n) is 9.39. The maximum atomic E-state index is 11.1. The average molecular weight is 340 g/mol. The standard InChI is InChI=1S/C22H27NO2/c1-4-22(24)10-8-18-16-6-5-15-11-19-14(13-23-25-19)12-20(15,2)17(16)7-9-21(18,22)3/h1,11,13,16-18,24H,5-10,12H2,2-3H3/t16-,17?,18?,20+,21+,22?/m1/s1/i1+1,4+1,13+1. The quantitative estimate of drug-likeness (QED) is 0.568. The first-order valence-corrected chi connectivity index (χ1v) is 9.76. The van der Waals surface area contributed by atoms with Gasteiger partial charge in [0.2, 0.25) is 0 Å². The van der Waals surface area contributed by atoms with Gasteiger partial charge in [-0.15, -0.1) is 6.42 Å². The molecular formula is C22H27NO2. The Balaban J connectivity index is 1.53. The van der Waals surface area contributed by atoms with Crippen molar-refractivity contribution < 1.29 is 9.63 Å². The van der Waals surface area contributed by atoms with Crippen LogP contribution in [0.25, 0.3) is 6.08 Å². The lowest BCUT2D eigenvalue weighted by atomic mass is 9.47. The second-order valence-corrected chi connectivity index (χ2v) is 9.39. The van der Waals surface area contributed by atoms with Crippen LogP contribution >= 0.6 is 0 Å². The van der Waals surface area contributed by atoms with Gasteiger partial charge in [-0.3, -0.25) is 0 Å². The van der Waals surface area contributed by atoms with Crippen LogP contribution in [-0.4, -0.2) is 15.9 Å². The van der Waals surface area contributed by atoms with Crippen LogP contribution in [-0.2, 0) is 6.42 Å². The maximum absolute atomic E-state index is 11.1. The molecule has 1 aromatic rings. The molecule has 3 heteroatoms. The number of hydrogen-bond donors (Lipinski definition) is 1. The summed E-state index contributed by atoms with van der Waals surface area (Å²) in [4.78, 5) is 0. The lowest BCUT2D eigenvalue weighted by Gasteiger charge is -2.58. The molecule has 0 saturated heterocycles. The third-order valence-corrected chi connectivity index (χ3v) is 8.67. The van der Waals surface area contributed by atoms with E-state index in [9.17, 15) is 5.11 Å². The monoisotopic (exact) mass is 340 g/mol. The molecule has 0 aromatic carbocycles. The molecule has 3 unspecified atom stereocenters. The van der Waals surface area contributed by atoms with Crippen molar-refractivity contribution in [3.05, 3.63) is 23.1 Å². The molecule has 0 aliphatic heterocycles. The van der Waals surface area contributed by atoms with Gasteiger partial charge >= 0.3 is 0 Å². The highest BCUT2D eigenvalue weighted by Crippen LogP contribution is 2.67. The molecule has 0 bridgehead atoms. The zero-order chi connectivity index (χ0) is 17.4. The summed E-state index contributed by atoms with van der Waals surface area (Å²) in [5.74, 6) is 5.64. The van der Waals surface area contributed by atoms with Crippen molar-refractivity contribution in [1.29, 1.82) is 0 Å². The number of nitrogens with zero attached hydrogens (tertiary/aromatic N) is 1. The average Bonchev–Trinajstić information content (AvgIpc) is 3.14. The van der Waals surface area contributed by atoms with E-state index in [1.54, 1.807) is 5.57 Å². The highest BCUT2D eigenvalue weighted by Gasteiger charge is 2.63. The Morgan fingerprint density at radius 2 is 2.04 bits per heavy atom. The molecule has 0 amide bonds. The Labute approximate surface area is 149 Å². The Hall–Kier alpha value is -1.53. The van der Waals surface area contributed by atoms with E-state index < -0.39 is 5.60 Å². The first kappa shape index (κ1) is 15.7. The van der Waals surface area contributed by atoms with Crippen molar-refractivity contribution >= 4 is 6.08 Å². The van der Waals surface area contributed by atoms with Crippen molar-refractivity contribution in [3.63, 3.8) is 0 Å². The predicted molar refractivity (Wildman–Crippen MR) is 96.4 cm³/mol. The molecule has 1 heterocycles. The molecule has 0 spiro atoms. The van der Waals surface area contributed by atoms with Crippen LogP contribution in [0.4, 0.5) is 0 Å². The predicted octanol–water partition coefficient (Wildman–Crippen LogP) is 4.22. The lowest BCUT2D eigenvalue weighted by Crippen LogP contribution is -2.54. The van der Waals surface area contributed by atoms with E-state index in [-0.39, 0.29) is 10.8 Å². The van der Waals surface area contributed by atoms with Gasteiger partial charge in [-0.25, -0.2) is 0 Å². The van der Waals surface area contributed by atoms with Crippen molar-refractivity contribution in [2.45, 2.75) is 64.4 Å². The van der Waals surface area contributed by atoms with Gasteiger partial charge in [0, 0.05) is 11.0 Å². The zero-order valence-corrected chi connectivity index (χ0v) is 15.2. The fourth-order valence-corrected chi connectivity index (χ4v) is 7.14. The number of aliphatic hydroxyl groups is 1. The van der Waals surface area contributed by atoms with E-state index in [0.717, 1.165) is 44.3 Å².